The highest BCUT2D eigenvalue weighted by molar-refractivity contribution is 5.86. The third-order valence-corrected chi connectivity index (χ3v) is 5.67. The van der Waals surface area contributed by atoms with Crippen LogP contribution < -0.4 is 15.4 Å². The quantitative estimate of drug-likeness (QED) is 0.546. The summed E-state index contributed by atoms with van der Waals surface area (Å²) in [4.78, 5) is 18.8. The lowest BCUT2D eigenvalue weighted by Crippen LogP contribution is -2.46. The van der Waals surface area contributed by atoms with Gasteiger partial charge in [0.05, 0.1) is 13.7 Å². The van der Waals surface area contributed by atoms with E-state index in [9.17, 15) is 4.79 Å². The first kappa shape index (κ1) is 21.7. The molecule has 0 saturated carbocycles. The molecule has 0 spiro atoms. The Balaban J connectivity index is 1.40. The number of aliphatic imine (C=N–C) groups is 1. The molecule has 0 aromatic heterocycles. The molecule has 30 heavy (non-hydrogen) atoms. The maximum absolute atomic E-state index is 12.6. The van der Waals surface area contributed by atoms with Gasteiger partial charge in [-0.2, -0.15) is 0 Å². The molecule has 2 aromatic rings. The zero-order chi connectivity index (χ0) is 21.3. The minimum atomic E-state index is 0.0963. The van der Waals surface area contributed by atoms with Gasteiger partial charge in [0.2, 0.25) is 5.91 Å². The number of rotatable bonds is 7. The number of ether oxygens (including phenoxy) is 1. The summed E-state index contributed by atoms with van der Waals surface area (Å²) < 4.78 is 5.22. The molecule has 6 heteroatoms. The van der Waals surface area contributed by atoms with Gasteiger partial charge >= 0.3 is 0 Å². The smallest absolute Gasteiger partial charge is 0.242 e. The number of guanidine groups is 1. The van der Waals surface area contributed by atoms with Crippen molar-refractivity contribution in [2.45, 2.75) is 32.2 Å². The molecule has 0 radical (unpaired) electrons. The minimum absolute atomic E-state index is 0.0963. The Hall–Kier alpha value is -3.02. The number of hydrogen-bond acceptors (Lipinski definition) is 3. The predicted molar refractivity (Wildman–Crippen MR) is 121 cm³/mol. The van der Waals surface area contributed by atoms with Crippen LogP contribution >= 0.6 is 0 Å². The fraction of sp³-hybridized carbons (Fsp3) is 0.417. The van der Waals surface area contributed by atoms with Gasteiger partial charge in [-0.25, -0.2) is 0 Å². The normalized spacial score (nSPS) is 14.6. The zero-order valence-corrected chi connectivity index (χ0v) is 18.1. The molecule has 6 nitrogen and oxygen atoms in total. The Labute approximate surface area is 179 Å². The number of amides is 1. The van der Waals surface area contributed by atoms with Crippen LogP contribution in [-0.2, 0) is 17.8 Å². The van der Waals surface area contributed by atoms with Crippen LogP contribution in [0.15, 0.2) is 53.5 Å². The maximum atomic E-state index is 12.6. The van der Waals surface area contributed by atoms with Crippen LogP contribution in [0.5, 0.6) is 5.75 Å². The molecular formula is C24H32N4O2. The lowest BCUT2D eigenvalue weighted by atomic mass is 9.98. The highest BCUT2D eigenvalue weighted by Crippen LogP contribution is 2.21. The monoisotopic (exact) mass is 408 g/mol. The summed E-state index contributed by atoms with van der Waals surface area (Å²) in [6.07, 6.45) is 1.88. The summed E-state index contributed by atoms with van der Waals surface area (Å²) in [5.74, 6) is 2.04. The van der Waals surface area contributed by atoms with Crippen LogP contribution in [0.4, 0.5) is 0 Å². The Morgan fingerprint density at radius 3 is 2.57 bits per heavy atom. The van der Waals surface area contributed by atoms with E-state index >= 15 is 0 Å². The molecule has 1 aliphatic heterocycles. The maximum Gasteiger partial charge on any atom is 0.242 e. The first-order valence-electron chi connectivity index (χ1n) is 10.5. The van der Waals surface area contributed by atoms with E-state index in [0.29, 0.717) is 18.4 Å². The molecule has 0 saturated heterocycles. The molecule has 2 aromatic carbocycles. The summed E-state index contributed by atoms with van der Waals surface area (Å²) >= 11 is 0. The summed E-state index contributed by atoms with van der Waals surface area (Å²) in [6.45, 7) is 4.68. The largest absolute Gasteiger partial charge is 0.497 e. The molecule has 0 fully saturated rings. The van der Waals surface area contributed by atoms with E-state index in [2.05, 4.69) is 52.9 Å². The summed E-state index contributed by atoms with van der Waals surface area (Å²) in [6, 6.07) is 16.5. The van der Waals surface area contributed by atoms with Crippen molar-refractivity contribution < 1.29 is 9.53 Å². The number of carbonyl (C=O) groups excluding carboxylic acids is 1. The van der Waals surface area contributed by atoms with Gasteiger partial charge in [-0.3, -0.25) is 9.79 Å². The third-order valence-electron chi connectivity index (χ3n) is 5.67. The van der Waals surface area contributed by atoms with Crippen molar-refractivity contribution in [1.29, 1.82) is 0 Å². The topological polar surface area (TPSA) is 66.0 Å². The van der Waals surface area contributed by atoms with Gasteiger partial charge in [-0.1, -0.05) is 43.3 Å². The van der Waals surface area contributed by atoms with E-state index in [0.717, 1.165) is 31.7 Å². The van der Waals surface area contributed by atoms with Crippen LogP contribution in [-0.4, -0.2) is 50.6 Å². The van der Waals surface area contributed by atoms with E-state index in [4.69, 9.17) is 4.74 Å². The fourth-order valence-corrected chi connectivity index (χ4v) is 3.71. The van der Waals surface area contributed by atoms with Gasteiger partial charge in [0.15, 0.2) is 5.96 Å². The van der Waals surface area contributed by atoms with Crippen molar-refractivity contribution in [3.05, 3.63) is 65.2 Å². The number of hydrogen-bond donors (Lipinski definition) is 2. The second kappa shape index (κ2) is 10.7. The molecule has 1 amide bonds. The average molecular weight is 409 g/mol. The first-order valence-corrected chi connectivity index (χ1v) is 10.5. The second-order valence-electron chi connectivity index (χ2n) is 7.65. The number of carbonyl (C=O) groups is 1. The van der Waals surface area contributed by atoms with E-state index in [1.54, 1.807) is 14.2 Å². The first-order chi connectivity index (χ1) is 14.6. The average Bonchev–Trinajstić information content (AvgIpc) is 2.80. The molecular weight excluding hydrogens is 376 g/mol. The van der Waals surface area contributed by atoms with E-state index in [1.165, 1.54) is 16.7 Å². The molecule has 160 valence electrons. The number of methoxy groups -OCH3 is 1. The van der Waals surface area contributed by atoms with Crippen molar-refractivity contribution in [1.82, 2.24) is 15.5 Å². The van der Waals surface area contributed by atoms with Gasteiger partial charge < -0.3 is 20.3 Å². The van der Waals surface area contributed by atoms with Gasteiger partial charge in [0.25, 0.3) is 0 Å². The molecule has 3 rings (SSSR count). The molecule has 2 N–H and O–H groups in total. The van der Waals surface area contributed by atoms with Gasteiger partial charge in [0, 0.05) is 26.7 Å². The van der Waals surface area contributed by atoms with E-state index < -0.39 is 0 Å². The van der Waals surface area contributed by atoms with Crippen LogP contribution in [0.1, 0.15) is 36.0 Å². The van der Waals surface area contributed by atoms with Crippen molar-refractivity contribution in [2.24, 2.45) is 4.99 Å². The summed E-state index contributed by atoms with van der Waals surface area (Å²) in [7, 11) is 3.40. The van der Waals surface area contributed by atoms with Crippen molar-refractivity contribution in [3.63, 3.8) is 0 Å². The van der Waals surface area contributed by atoms with Gasteiger partial charge in [-0.15, -0.1) is 0 Å². The molecule has 0 aliphatic carbocycles. The number of fused-ring (bicyclic) bond motifs is 1. The van der Waals surface area contributed by atoms with Crippen LogP contribution in [0.25, 0.3) is 0 Å². The molecule has 1 atom stereocenters. The summed E-state index contributed by atoms with van der Waals surface area (Å²) in [5, 5.41) is 6.46. The molecule has 1 heterocycles. The Morgan fingerprint density at radius 1 is 1.13 bits per heavy atom. The van der Waals surface area contributed by atoms with E-state index in [-0.39, 0.29) is 12.5 Å². The highest BCUT2D eigenvalue weighted by atomic mass is 16.5. The number of nitrogens with zero attached hydrogens (tertiary/aromatic N) is 2. The third kappa shape index (κ3) is 5.75. The lowest BCUT2D eigenvalue weighted by molar-refractivity contribution is -0.130. The molecule has 0 bridgehead atoms. The van der Waals surface area contributed by atoms with E-state index in [1.807, 2.05) is 23.1 Å². The van der Waals surface area contributed by atoms with Crippen molar-refractivity contribution >= 4 is 11.9 Å². The predicted octanol–water partition coefficient (Wildman–Crippen LogP) is 2.94. The number of benzene rings is 2. The standard InChI is InChI=1S/C24H32N4O2/c1-18(19-8-10-22(30-3)11-9-19)12-14-26-24(25-2)27-16-23(29)28-15-13-20-6-4-5-7-21(20)17-28/h4-11,18H,12-17H2,1-3H3,(H2,25,26,27). The SMILES string of the molecule is CN=C(NCCC(C)c1ccc(OC)cc1)NCC(=O)N1CCc2ccccc2C1. The second-order valence-corrected chi connectivity index (χ2v) is 7.65. The Bertz CT molecular complexity index is 864. The highest BCUT2D eigenvalue weighted by Gasteiger charge is 2.20. The number of nitrogens with one attached hydrogen (secondary N) is 2. The Morgan fingerprint density at radius 2 is 1.87 bits per heavy atom. The molecule has 1 unspecified atom stereocenters. The Kier molecular flexibility index (Phi) is 7.71. The van der Waals surface area contributed by atoms with Gasteiger partial charge in [0.1, 0.15) is 5.75 Å². The molecule has 1 aliphatic rings. The van der Waals surface area contributed by atoms with Gasteiger partial charge in [-0.05, 0) is 47.6 Å². The van der Waals surface area contributed by atoms with Crippen LogP contribution in [0.3, 0.4) is 0 Å². The van der Waals surface area contributed by atoms with Crippen molar-refractivity contribution in [3.8, 4) is 5.75 Å². The van der Waals surface area contributed by atoms with Crippen molar-refractivity contribution in [2.75, 3.05) is 33.8 Å². The lowest BCUT2D eigenvalue weighted by Gasteiger charge is -2.29. The minimum Gasteiger partial charge on any atom is -0.497 e. The summed E-state index contributed by atoms with van der Waals surface area (Å²) in [5.41, 5.74) is 3.87. The van der Waals surface area contributed by atoms with Crippen LogP contribution in [0.2, 0.25) is 0 Å². The van der Waals surface area contributed by atoms with Crippen LogP contribution in [0, 0.1) is 0 Å². The zero-order valence-electron chi connectivity index (χ0n) is 18.1. The fourth-order valence-electron chi connectivity index (χ4n) is 3.71.